The molecule has 188 valence electrons. The molecule has 0 amide bonds. The van der Waals surface area contributed by atoms with Gasteiger partial charge in [0.15, 0.2) is 11.5 Å². The fourth-order valence-corrected chi connectivity index (χ4v) is 3.81. The number of methoxy groups -OCH3 is 1. The van der Waals surface area contributed by atoms with Crippen molar-refractivity contribution in [3.63, 3.8) is 0 Å². The first kappa shape index (κ1) is 25.0. The number of aromatic nitrogens is 2. The fraction of sp³-hybridized carbons (Fsp3) is 0.192. The average Bonchev–Trinajstić information content (AvgIpc) is 3.37. The number of nitrogens with one attached hydrogen (secondary N) is 1. The molecule has 10 heteroatoms. The summed E-state index contributed by atoms with van der Waals surface area (Å²) >= 11 is 0. The summed E-state index contributed by atoms with van der Waals surface area (Å²) in [6.45, 7) is 0. The second kappa shape index (κ2) is 11.1. The molecule has 4 aromatic rings. The lowest BCUT2D eigenvalue weighted by Gasteiger charge is -2.18. The predicted octanol–water partition coefficient (Wildman–Crippen LogP) is 4.98. The van der Waals surface area contributed by atoms with Crippen molar-refractivity contribution in [2.45, 2.75) is 0 Å². The number of hydrogen-bond acceptors (Lipinski definition) is 9. The van der Waals surface area contributed by atoms with E-state index in [9.17, 15) is 5.11 Å². The SMILES string of the molecule is COc1cc(-c2nc(-c3ccc(N(OC)OC)cc3)c(-c3ccc(N(OC)OC)cc3)[nH]2)ccc1O. The van der Waals surface area contributed by atoms with Gasteiger partial charge in [-0.3, -0.25) is 19.4 Å². The zero-order valence-corrected chi connectivity index (χ0v) is 20.7. The number of phenols is 1. The van der Waals surface area contributed by atoms with Gasteiger partial charge in [-0.1, -0.05) is 24.3 Å². The van der Waals surface area contributed by atoms with Crippen molar-refractivity contribution in [1.82, 2.24) is 9.97 Å². The molecule has 1 heterocycles. The Balaban J connectivity index is 1.80. The first-order valence-corrected chi connectivity index (χ1v) is 11.0. The highest BCUT2D eigenvalue weighted by molar-refractivity contribution is 5.82. The van der Waals surface area contributed by atoms with E-state index in [1.165, 1.54) is 46.0 Å². The Kier molecular flexibility index (Phi) is 7.71. The average molecular weight is 493 g/mol. The maximum absolute atomic E-state index is 10.0. The van der Waals surface area contributed by atoms with E-state index < -0.39 is 0 Å². The lowest BCUT2D eigenvalue weighted by atomic mass is 10.0. The number of hydrogen-bond donors (Lipinski definition) is 2. The van der Waals surface area contributed by atoms with Crippen molar-refractivity contribution < 1.29 is 29.2 Å². The third kappa shape index (κ3) is 4.97. The second-order valence-corrected chi connectivity index (χ2v) is 7.53. The summed E-state index contributed by atoms with van der Waals surface area (Å²) in [5.74, 6) is 1.04. The number of rotatable bonds is 10. The second-order valence-electron chi connectivity index (χ2n) is 7.53. The molecule has 0 spiro atoms. The summed E-state index contributed by atoms with van der Waals surface area (Å²) in [7, 11) is 7.62. The van der Waals surface area contributed by atoms with Crippen LogP contribution in [0.2, 0.25) is 0 Å². The Morgan fingerprint density at radius 3 is 1.67 bits per heavy atom. The zero-order chi connectivity index (χ0) is 25.7. The van der Waals surface area contributed by atoms with Gasteiger partial charge in [0, 0.05) is 16.7 Å². The van der Waals surface area contributed by atoms with Crippen LogP contribution in [0.5, 0.6) is 11.5 Å². The lowest BCUT2D eigenvalue weighted by Crippen LogP contribution is -2.19. The van der Waals surface area contributed by atoms with Gasteiger partial charge in [-0.05, 0) is 42.5 Å². The molecule has 4 rings (SSSR count). The van der Waals surface area contributed by atoms with E-state index in [0.29, 0.717) is 11.6 Å². The predicted molar refractivity (Wildman–Crippen MR) is 136 cm³/mol. The summed E-state index contributed by atoms with van der Waals surface area (Å²) in [6, 6.07) is 20.4. The van der Waals surface area contributed by atoms with Crippen LogP contribution in [-0.4, -0.2) is 50.6 Å². The van der Waals surface area contributed by atoms with Gasteiger partial charge in [0.05, 0.1) is 58.3 Å². The van der Waals surface area contributed by atoms with Crippen molar-refractivity contribution in [1.29, 1.82) is 0 Å². The number of aromatic hydroxyl groups is 1. The van der Waals surface area contributed by atoms with Gasteiger partial charge in [0.25, 0.3) is 0 Å². The minimum Gasteiger partial charge on any atom is -0.504 e. The van der Waals surface area contributed by atoms with Gasteiger partial charge in [-0.15, -0.1) is 10.5 Å². The van der Waals surface area contributed by atoms with Crippen molar-refractivity contribution in [2.75, 3.05) is 46.0 Å². The highest BCUT2D eigenvalue weighted by Gasteiger charge is 2.18. The lowest BCUT2D eigenvalue weighted by molar-refractivity contribution is -0.0434. The first-order valence-electron chi connectivity index (χ1n) is 11.0. The largest absolute Gasteiger partial charge is 0.504 e. The molecule has 0 aliphatic rings. The summed E-state index contributed by atoms with van der Waals surface area (Å²) in [4.78, 5) is 29.1. The number of H-pyrrole nitrogens is 1. The van der Waals surface area contributed by atoms with Crippen molar-refractivity contribution in [2.24, 2.45) is 0 Å². The van der Waals surface area contributed by atoms with Gasteiger partial charge in [-0.25, -0.2) is 4.98 Å². The molecule has 0 bridgehead atoms. The van der Waals surface area contributed by atoms with Crippen molar-refractivity contribution in [3.05, 3.63) is 66.7 Å². The summed E-state index contributed by atoms with van der Waals surface area (Å²) in [5, 5.41) is 12.6. The maximum Gasteiger partial charge on any atom is 0.161 e. The van der Waals surface area contributed by atoms with E-state index in [4.69, 9.17) is 29.1 Å². The van der Waals surface area contributed by atoms with Crippen LogP contribution in [0, 0.1) is 0 Å². The summed E-state index contributed by atoms with van der Waals surface area (Å²) in [6.07, 6.45) is 0. The van der Waals surface area contributed by atoms with E-state index >= 15 is 0 Å². The number of benzene rings is 3. The van der Waals surface area contributed by atoms with Crippen LogP contribution < -0.4 is 15.2 Å². The highest BCUT2D eigenvalue weighted by atomic mass is 16.9. The number of anilines is 2. The van der Waals surface area contributed by atoms with Crippen molar-refractivity contribution in [3.8, 4) is 45.4 Å². The molecule has 0 saturated carbocycles. The summed E-state index contributed by atoms with van der Waals surface area (Å²) in [5.41, 5.74) is 5.57. The third-order valence-electron chi connectivity index (χ3n) is 5.54. The fourth-order valence-electron chi connectivity index (χ4n) is 3.81. The Labute approximate surface area is 209 Å². The molecule has 0 aliphatic carbocycles. The van der Waals surface area contributed by atoms with E-state index in [1.54, 1.807) is 18.2 Å². The quantitative estimate of drug-likeness (QED) is 0.297. The number of imidazole rings is 1. The van der Waals surface area contributed by atoms with E-state index in [-0.39, 0.29) is 5.75 Å². The highest BCUT2D eigenvalue weighted by Crippen LogP contribution is 2.37. The third-order valence-corrected chi connectivity index (χ3v) is 5.54. The minimum atomic E-state index is 0.0566. The topological polar surface area (TPSA) is 102 Å². The molecule has 0 fully saturated rings. The smallest absolute Gasteiger partial charge is 0.161 e. The molecule has 0 radical (unpaired) electrons. The van der Waals surface area contributed by atoms with E-state index in [0.717, 1.165) is 39.5 Å². The van der Waals surface area contributed by atoms with Crippen LogP contribution in [-0.2, 0) is 19.4 Å². The Bertz CT molecular complexity index is 1210. The van der Waals surface area contributed by atoms with Crippen LogP contribution in [0.3, 0.4) is 0 Å². The maximum atomic E-state index is 10.0. The number of nitrogens with zero attached hydrogens (tertiary/aromatic N) is 3. The van der Waals surface area contributed by atoms with Gasteiger partial charge >= 0.3 is 0 Å². The monoisotopic (exact) mass is 492 g/mol. The summed E-state index contributed by atoms with van der Waals surface area (Å²) < 4.78 is 5.28. The van der Waals surface area contributed by atoms with Gasteiger partial charge in [0.1, 0.15) is 5.82 Å². The Morgan fingerprint density at radius 2 is 1.17 bits per heavy atom. The van der Waals surface area contributed by atoms with Crippen LogP contribution in [0.25, 0.3) is 33.9 Å². The standard InChI is InChI=1S/C26H28N4O6/c1-32-23-16-19(10-15-22(23)31)26-27-24(17-6-11-20(12-7-17)29(33-2)34-3)25(28-26)18-8-13-21(14-9-18)30(35-4)36-5/h6-16,31H,1-5H3,(H,27,28). The number of ether oxygens (including phenoxy) is 1. The van der Waals surface area contributed by atoms with Crippen LogP contribution in [0.15, 0.2) is 66.7 Å². The molecule has 0 saturated heterocycles. The van der Waals surface area contributed by atoms with E-state index in [2.05, 4.69) is 4.98 Å². The molecule has 10 nitrogen and oxygen atoms in total. The Hall–Kier alpha value is -4.09. The van der Waals surface area contributed by atoms with Gasteiger partial charge < -0.3 is 14.8 Å². The molecule has 0 aliphatic heterocycles. The minimum absolute atomic E-state index is 0.0566. The first-order chi connectivity index (χ1) is 17.5. The Morgan fingerprint density at radius 1 is 0.667 bits per heavy atom. The molecule has 1 aromatic heterocycles. The molecule has 3 aromatic carbocycles. The molecule has 0 unspecified atom stereocenters. The normalized spacial score (nSPS) is 10.9. The van der Waals surface area contributed by atoms with Crippen LogP contribution in [0.1, 0.15) is 0 Å². The number of phenolic OH excluding ortho intramolecular Hbond substituents is 1. The van der Waals surface area contributed by atoms with Crippen LogP contribution in [0.4, 0.5) is 11.4 Å². The molecule has 0 atom stereocenters. The van der Waals surface area contributed by atoms with Gasteiger partial charge in [0.2, 0.25) is 0 Å². The van der Waals surface area contributed by atoms with Gasteiger partial charge in [-0.2, -0.15) is 0 Å². The molecule has 36 heavy (non-hydrogen) atoms. The van der Waals surface area contributed by atoms with Crippen LogP contribution >= 0.6 is 0 Å². The van der Waals surface area contributed by atoms with Crippen molar-refractivity contribution >= 4 is 11.4 Å². The zero-order valence-electron chi connectivity index (χ0n) is 20.7. The van der Waals surface area contributed by atoms with E-state index in [1.807, 2.05) is 48.5 Å². The number of aromatic amines is 1. The molecular formula is C26H28N4O6. The molecule has 2 N–H and O–H groups in total. The molecular weight excluding hydrogens is 464 g/mol.